The van der Waals surface area contributed by atoms with E-state index in [-0.39, 0.29) is 5.91 Å². The lowest BCUT2D eigenvalue weighted by Crippen LogP contribution is -2.43. The number of carbonyl (C=O) groups excluding carboxylic acids is 1. The third-order valence-corrected chi connectivity index (χ3v) is 4.10. The second-order valence-corrected chi connectivity index (χ2v) is 6.39. The number of carbonyl (C=O) groups is 1. The zero-order valence-corrected chi connectivity index (χ0v) is 13.0. The van der Waals surface area contributed by atoms with Gasteiger partial charge >= 0.3 is 0 Å². The molecule has 0 bridgehead atoms. The van der Waals surface area contributed by atoms with Crippen molar-refractivity contribution in [2.24, 2.45) is 11.8 Å². The highest BCUT2D eigenvalue weighted by Gasteiger charge is 2.28. The van der Waals surface area contributed by atoms with Gasteiger partial charge in [-0.05, 0) is 24.5 Å². The van der Waals surface area contributed by atoms with Crippen molar-refractivity contribution in [1.29, 1.82) is 0 Å². The number of hydrogen-bond donors (Lipinski definition) is 0. The molecule has 1 saturated heterocycles. The Morgan fingerprint density at radius 3 is 2.63 bits per heavy atom. The second kappa shape index (κ2) is 6.09. The molecule has 0 aliphatic carbocycles. The van der Waals surface area contributed by atoms with Gasteiger partial charge in [-0.25, -0.2) is 9.97 Å². The second-order valence-electron chi connectivity index (χ2n) is 5.21. The van der Waals surface area contributed by atoms with E-state index >= 15 is 0 Å². The first-order valence-electron chi connectivity index (χ1n) is 6.37. The fourth-order valence-electron chi connectivity index (χ4n) is 2.58. The third-order valence-electron chi connectivity index (χ3n) is 3.26. The van der Waals surface area contributed by atoms with Crippen LogP contribution < -0.4 is 0 Å². The molecule has 0 N–H and O–H groups in total. The fourth-order valence-corrected chi connectivity index (χ4v) is 3.09. The van der Waals surface area contributed by atoms with Gasteiger partial charge in [-0.1, -0.05) is 37.2 Å². The molecule has 2 atom stereocenters. The molecule has 1 aliphatic heterocycles. The molecule has 1 aliphatic rings. The minimum absolute atomic E-state index is 0.0823. The number of rotatable bonds is 2. The molecule has 1 amide bonds. The van der Waals surface area contributed by atoms with Crippen LogP contribution in [0.3, 0.4) is 0 Å². The van der Waals surface area contributed by atoms with Crippen molar-refractivity contribution in [3.63, 3.8) is 0 Å². The maximum absolute atomic E-state index is 12.5. The highest BCUT2D eigenvalue weighted by Crippen LogP contribution is 2.24. The molecule has 0 saturated carbocycles. The number of piperidine rings is 1. The predicted octanol–water partition coefficient (Wildman–Crippen LogP) is 2.97. The highest BCUT2D eigenvalue weighted by atomic mass is 35.5. The number of aromatic nitrogens is 2. The molecule has 4 nitrogen and oxygen atoms in total. The molecule has 2 rings (SSSR count). The number of hydrogen-bond acceptors (Lipinski definition) is 4. The summed E-state index contributed by atoms with van der Waals surface area (Å²) in [6.07, 6.45) is 4.55. The van der Waals surface area contributed by atoms with Crippen LogP contribution >= 0.6 is 23.4 Å². The molecule has 104 valence electrons. The minimum Gasteiger partial charge on any atom is -0.337 e. The van der Waals surface area contributed by atoms with E-state index in [0.29, 0.717) is 27.7 Å². The van der Waals surface area contributed by atoms with Crippen molar-refractivity contribution >= 4 is 29.3 Å². The average Bonchev–Trinajstić information content (AvgIpc) is 2.37. The number of likely N-dealkylation sites (tertiary alicyclic amines) is 1. The van der Waals surface area contributed by atoms with Crippen molar-refractivity contribution < 1.29 is 4.79 Å². The molecule has 2 unspecified atom stereocenters. The fraction of sp³-hybridized carbons (Fsp3) is 0.615. The summed E-state index contributed by atoms with van der Waals surface area (Å²) in [7, 11) is 0. The predicted molar refractivity (Wildman–Crippen MR) is 77.7 cm³/mol. The molecular weight excluding hydrogens is 282 g/mol. The molecule has 1 aromatic rings. The van der Waals surface area contributed by atoms with Gasteiger partial charge in [0.05, 0.1) is 11.2 Å². The Kier molecular flexibility index (Phi) is 4.68. The van der Waals surface area contributed by atoms with E-state index < -0.39 is 0 Å². The third kappa shape index (κ3) is 3.39. The van der Waals surface area contributed by atoms with Crippen LogP contribution in [-0.4, -0.2) is 40.1 Å². The van der Waals surface area contributed by atoms with Gasteiger partial charge in [0.15, 0.2) is 10.9 Å². The normalized spacial score (nSPS) is 23.5. The summed E-state index contributed by atoms with van der Waals surface area (Å²) in [5.41, 5.74) is 0.322. The Balaban J connectivity index is 2.23. The van der Waals surface area contributed by atoms with Crippen LogP contribution in [0.15, 0.2) is 11.4 Å². The molecule has 0 spiro atoms. The van der Waals surface area contributed by atoms with Crippen LogP contribution in [0.25, 0.3) is 0 Å². The average molecular weight is 300 g/mol. The smallest absolute Gasteiger partial charge is 0.274 e. The van der Waals surface area contributed by atoms with Crippen molar-refractivity contribution in [2.75, 3.05) is 19.3 Å². The maximum atomic E-state index is 12.5. The summed E-state index contributed by atoms with van der Waals surface area (Å²) in [6, 6.07) is 0. The van der Waals surface area contributed by atoms with E-state index in [0.717, 1.165) is 19.5 Å². The van der Waals surface area contributed by atoms with Gasteiger partial charge in [0.1, 0.15) is 0 Å². The number of nitrogens with zero attached hydrogens (tertiary/aromatic N) is 3. The summed E-state index contributed by atoms with van der Waals surface area (Å²) in [5, 5.41) is 0.902. The molecule has 0 aromatic carbocycles. The summed E-state index contributed by atoms with van der Waals surface area (Å²) in [5.74, 6) is 0.961. The summed E-state index contributed by atoms with van der Waals surface area (Å²) < 4.78 is 0. The van der Waals surface area contributed by atoms with Crippen LogP contribution in [0.1, 0.15) is 30.8 Å². The van der Waals surface area contributed by atoms with E-state index in [4.69, 9.17) is 11.6 Å². The van der Waals surface area contributed by atoms with Gasteiger partial charge < -0.3 is 4.90 Å². The van der Waals surface area contributed by atoms with Crippen molar-refractivity contribution in [2.45, 2.75) is 25.4 Å². The van der Waals surface area contributed by atoms with E-state index in [1.165, 1.54) is 18.0 Å². The molecule has 1 fully saturated rings. The van der Waals surface area contributed by atoms with Gasteiger partial charge in [0.25, 0.3) is 5.91 Å². The van der Waals surface area contributed by atoms with Crippen LogP contribution in [0.2, 0.25) is 5.02 Å². The lowest BCUT2D eigenvalue weighted by molar-refractivity contribution is 0.0616. The lowest BCUT2D eigenvalue weighted by atomic mass is 9.92. The van der Waals surface area contributed by atoms with Crippen LogP contribution in [0, 0.1) is 11.8 Å². The minimum atomic E-state index is -0.0823. The van der Waals surface area contributed by atoms with Crippen molar-refractivity contribution in [3.8, 4) is 0 Å². The van der Waals surface area contributed by atoms with E-state index in [2.05, 4.69) is 23.8 Å². The zero-order valence-electron chi connectivity index (χ0n) is 11.4. The van der Waals surface area contributed by atoms with Crippen LogP contribution in [-0.2, 0) is 0 Å². The topological polar surface area (TPSA) is 46.1 Å². The first-order valence-corrected chi connectivity index (χ1v) is 7.97. The van der Waals surface area contributed by atoms with Crippen LogP contribution in [0.5, 0.6) is 0 Å². The Morgan fingerprint density at radius 1 is 1.42 bits per heavy atom. The lowest BCUT2D eigenvalue weighted by Gasteiger charge is -2.34. The number of halogens is 1. The molecule has 0 radical (unpaired) electrons. The quantitative estimate of drug-likeness (QED) is 0.622. The van der Waals surface area contributed by atoms with Gasteiger partial charge in [0.2, 0.25) is 0 Å². The standard InChI is InChI=1S/C13H18ClN3OS/c1-8-4-9(2)7-17(6-8)12(18)11-10(14)5-15-13(16-11)19-3/h5,8-9H,4,6-7H2,1-3H3. The Morgan fingerprint density at radius 2 is 2.05 bits per heavy atom. The van der Waals surface area contributed by atoms with E-state index in [9.17, 15) is 4.79 Å². The largest absolute Gasteiger partial charge is 0.337 e. The van der Waals surface area contributed by atoms with Crippen LogP contribution in [0.4, 0.5) is 0 Å². The molecular formula is C13H18ClN3OS. The highest BCUT2D eigenvalue weighted by molar-refractivity contribution is 7.98. The zero-order chi connectivity index (χ0) is 14.0. The summed E-state index contributed by atoms with van der Waals surface area (Å²) in [4.78, 5) is 22.7. The number of thioether (sulfide) groups is 1. The first kappa shape index (κ1) is 14.6. The Bertz CT molecular complexity index is 473. The monoisotopic (exact) mass is 299 g/mol. The molecule has 19 heavy (non-hydrogen) atoms. The SMILES string of the molecule is CSc1ncc(Cl)c(C(=O)N2CC(C)CC(C)C2)n1. The maximum Gasteiger partial charge on any atom is 0.274 e. The van der Waals surface area contributed by atoms with E-state index in [1.54, 1.807) is 0 Å². The Hall–Kier alpha value is -0.810. The summed E-state index contributed by atoms with van der Waals surface area (Å²) >= 11 is 7.46. The van der Waals surface area contributed by atoms with Crippen molar-refractivity contribution in [3.05, 3.63) is 16.9 Å². The van der Waals surface area contributed by atoms with E-state index in [1.807, 2.05) is 11.2 Å². The van der Waals surface area contributed by atoms with Gasteiger partial charge in [-0.2, -0.15) is 0 Å². The number of amides is 1. The van der Waals surface area contributed by atoms with Gasteiger partial charge in [0, 0.05) is 13.1 Å². The summed E-state index contributed by atoms with van der Waals surface area (Å²) in [6.45, 7) is 5.89. The first-order chi connectivity index (χ1) is 9.01. The van der Waals surface area contributed by atoms with Gasteiger partial charge in [-0.15, -0.1) is 0 Å². The molecule has 2 heterocycles. The Labute approximate surface area is 122 Å². The van der Waals surface area contributed by atoms with Crippen molar-refractivity contribution in [1.82, 2.24) is 14.9 Å². The molecule has 1 aromatic heterocycles. The van der Waals surface area contributed by atoms with Gasteiger partial charge in [-0.3, -0.25) is 4.79 Å². The molecule has 6 heteroatoms.